The molecule has 1 saturated heterocycles. The Morgan fingerprint density at radius 1 is 1.03 bits per heavy atom. The van der Waals surface area contributed by atoms with Crippen LogP contribution < -0.4 is 4.74 Å². The predicted octanol–water partition coefficient (Wildman–Crippen LogP) is 6.71. The highest BCUT2D eigenvalue weighted by Gasteiger charge is 2.29. The molecule has 1 aromatic heterocycles. The molecule has 1 fully saturated rings. The molecule has 36 heavy (non-hydrogen) atoms. The largest absolute Gasteiger partial charge is 0.488 e. The second-order valence-corrected chi connectivity index (χ2v) is 9.71. The van der Waals surface area contributed by atoms with E-state index in [1.54, 1.807) is 39.9 Å². The molecule has 10 heteroatoms. The number of likely N-dealkylation sites (tertiary alicyclic amines) is 1. The monoisotopic (exact) mass is 544 g/mol. The molecule has 1 atom stereocenters. The van der Waals surface area contributed by atoms with E-state index >= 15 is 0 Å². The summed E-state index contributed by atoms with van der Waals surface area (Å²) in [5, 5.41) is 10.1. The van der Waals surface area contributed by atoms with Crippen molar-refractivity contribution >= 4 is 40.7 Å². The molecule has 4 aromatic rings. The molecule has 184 valence electrons. The summed E-state index contributed by atoms with van der Waals surface area (Å²) in [6.07, 6.45) is 2.56. The molecule has 0 bridgehead atoms. The van der Waals surface area contributed by atoms with Crippen molar-refractivity contribution in [3.8, 4) is 17.0 Å². The zero-order valence-corrected chi connectivity index (χ0v) is 21.1. The average Bonchev–Trinajstić information content (AvgIpc) is 3.55. The van der Waals surface area contributed by atoms with Crippen LogP contribution in [0.2, 0.25) is 15.1 Å². The van der Waals surface area contributed by atoms with Crippen molar-refractivity contribution in [1.82, 2.24) is 19.9 Å². The van der Waals surface area contributed by atoms with Crippen LogP contribution in [0.5, 0.6) is 5.75 Å². The first-order valence-corrected chi connectivity index (χ1v) is 12.3. The van der Waals surface area contributed by atoms with Gasteiger partial charge in [-0.15, -0.1) is 5.10 Å². The van der Waals surface area contributed by atoms with Gasteiger partial charge in [0.15, 0.2) is 0 Å². The summed E-state index contributed by atoms with van der Waals surface area (Å²) in [5.74, 6) is 0.0880. The van der Waals surface area contributed by atoms with Crippen LogP contribution in [0.1, 0.15) is 28.4 Å². The number of carbonyl (C=O) groups is 1. The van der Waals surface area contributed by atoms with Crippen molar-refractivity contribution in [2.24, 2.45) is 0 Å². The normalized spacial score (nSPS) is 15.3. The van der Waals surface area contributed by atoms with Crippen molar-refractivity contribution in [2.45, 2.75) is 19.1 Å². The predicted molar refractivity (Wildman–Crippen MR) is 137 cm³/mol. The summed E-state index contributed by atoms with van der Waals surface area (Å²) in [6, 6.07) is 16.2. The van der Waals surface area contributed by atoms with Gasteiger partial charge in [0, 0.05) is 29.2 Å². The van der Waals surface area contributed by atoms with E-state index in [4.69, 9.17) is 39.5 Å². The number of hydrogen-bond acceptors (Lipinski definition) is 4. The molecule has 1 aliphatic heterocycles. The van der Waals surface area contributed by atoms with E-state index in [9.17, 15) is 9.18 Å². The van der Waals surface area contributed by atoms with Gasteiger partial charge in [0.25, 0.3) is 5.91 Å². The Hall–Kier alpha value is -3.13. The zero-order chi connectivity index (χ0) is 25.2. The highest BCUT2D eigenvalue weighted by Crippen LogP contribution is 2.33. The van der Waals surface area contributed by atoms with Gasteiger partial charge in [-0.3, -0.25) is 4.79 Å². The van der Waals surface area contributed by atoms with E-state index in [1.807, 2.05) is 12.3 Å². The minimum Gasteiger partial charge on any atom is -0.488 e. The van der Waals surface area contributed by atoms with Crippen LogP contribution in [0.15, 0.2) is 66.9 Å². The summed E-state index contributed by atoms with van der Waals surface area (Å²) < 4.78 is 21.0. The third-order valence-corrected chi connectivity index (χ3v) is 7.00. The van der Waals surface area contributed by atoms with Crippen LogP contribution >= 0.6 is 34.8 Å². The lowest BCUT2D eigenvalue weighted by molar-refractivity contribution is 0.0787. The zero-order valence-electron chi connectivity index (χ0n) is 18.9. The fraction of sp³-hybridized carbons (Fsp3) is 0.192. The minimum atomic E-state index is -0.373. The maximum Gasteiger partial charge on any atom is 0.253 e. The van der Waals surface area contributed by atoms with Gasteiger partial charge in [-0.2, -0.15) is 0 Å². The van der Waals surface area contributed by atoms with E-state index in [1.165, 1.54) is 24.3 Å². The summed E-state index contributed by atoms with van der Waals surface area (Å²) in [4.78, 5) is 14.5. The highest BCUT2D eigenvalue weighted by molar-refractivity contribution is 6.42. The van der Waals surface area contributed by atoms with E-state index in [2.05, 4.69) is 10.3 Å². The second kappa shape index (κ2) is 10.5. The Labute approximate surface area is 222 Å². The van der Waals surface area contributed by atoms with Crippen LogP contribution in [0.4, 0.5) is 4.39 Å². The van der Waals surface area contributed by atoms with Gasteiger partial charge in [-0.25, -0.2) is 9.07 Å². The first-order valence-electron chi connectivity index (χ1n) is 11.2. The SMILES string of the molecule is O=C(c1ccc(F)cc1)N1CCC(n2cc(-c3cc(Cl)ccc3OCc3ccc(Cl)c(Cl)c3)nn2)C1. The minimum absolute atomic E-state index is 0.0320. The summed E-state index contributed by atoms with van der Waals surface area (Å²) in [6.45, 7) is 1.34. The van der Waals surface area contributed by atoms with Crippen LogP contribution in [0, 0.1) is 5.82 Å². The third-order valence-electron chi connectivity index (χ3n) is 6.02. The van der Waals surface area contributed by atoms with Gasteiger partial charge >= 0.3 is 0 Å². The van der Waals surface area contributed by atoms with Gasteiger partial charge < -0.3 is 9.64 Å². The quantitative estimate of drug-likeness (QED) is 0.270. The third kappa shape index (κ3) is 5.33. The summed E-state index contributed by atoms with van der Waals surface area (Å²) in [7, 11) is 0. The van der Waals surface area contributed by atoms with E-state index < -0.39 is 0 Å². The molecular formula is C26H20Cl3FN4O2. The standard InChI is InChI=1S/C26H20Cl3FN4O2/c27-18-4-8-25(36-15-16-1-7-22(28)23(29)11-16)21(12-18)24-14-34(32-31-24)20-9-10-33(13-20)26(35)17-2-5-19(30)6-3-17/h1-8,11-12,14,20H,9-10,13,15H2. The maximum atomic E-state index is 13.2. The Morgan fingerprint density at radius 2 is 1.83 bits per heavy atom. The van der Waals surface area contributed by atoms with Crippen molar-refractivity contribution in [1.29, 1.82) is 0 Å². The fourth-order valence-corrected chi connectivity index (χ4v) is 4.61. The number of halogens is 4. The van der Waals surface area contributed by atoms with Crippen molar-refractivity contribution in [3.05, 3.63) is 98.9 Å². The molecule has 0 aliphatic carbocycles. The van der Waals surface area contributed by atoms with Crippen LogP contribution in [-0.4, -0.2) is 38.9 Å². The molecule has 5 rings (SSSR count). The summed E-state index contributed by atoms with van der Waals surface area (Å²) in [5.41, 5.74) is 2.63. The molecule has 2 heterocycles. The first-order chi connectivity index (χ1) is 17.4. The second-order valence-electron chi connectivity index (χ2n) is 8.46. The molecular weight excluding hydrogens is 526 g/mol. The smallest absolute Gasteiger partial charge is 0.253 e. The number of hydrogen-bond donors (Lipinski definition) is 0. The molecule has 1 aliphatic rings. The highest BCUT2D eigenvalue weighted by atomic mass is 35.5. The molecule has 6 nitrogen and oxygen atoms in total. The average molecular weight is 546 g/mol. The lowest BCUT2D eigenvalue weighted by Crippen LogP contribution is -2.29. The Bertz CT molecular complexity index is 1410. The van der Waals surface area contributed by atoms with Gasteiger partial charge in [-0.05, 0) is 66.6 Å². The molecule has 0 spiro atoms. The molecule has 1 amide bonds. The Morgan fingerprint density at radius 3 is 2.61 bits per heavy atom. The number of carbonyl (C=O) groups excluding carboxylic acids is 1. The summed E-state index contributed by atoms with van der Waals surface area (Å²) >= 11 is 18.4. The molecule has 3 aromatic carbocycles. The molecule has 0 N–H and O–H groups in total. The lowest BCUT2D eigenvalue weighted by atomic mass is 10.1. The maximum absolute atomic E-state index is 13.2. The first kappa shape index (κ1) is 24.6. The van der Waals surface area contributed by atoms with Crippen LogP contribution in [0.3, 0.4) is 0 Å². The van der Waals surface area contributed by atoms with Gasteiger partial charge in [-0.1, -0.05) is 46.1 Å². The number of ether oxygens (including phenoxy) is 1. The van der Waals surface area contributed by atoms with Gasteiger partial charge in [0.05, 0.1) is 22.3 Å². The van der Waals surface area contributed by atoms with Gasteiger partial charge in [0.2, 0.25) is 0 Å². The molecule has 1 unspecified atom stereocenters. The van der Waals surface area contributed by atoms with Gasteiger partial charge in [0.1, 0.15) is 23.9 Å². The van der Waals surface area contributed by atoms with Crippen molar-refractivity contribution in [2.75, 3.05) is 13.1 Å². The van der Waals surface area contributed by atoms with Crippen molar-refractivity contribution < 1.29 is 13.9 Å². The van der Waals surface area contributed by atoms with Crippen molar-refractivity contribution in [3.63, 3.8) is 0 Å². The number of rotatable bonds is 6. The topological polar surface area (TPSA) is 60.2 Å². The van der Waals surface area contributed by atoms with Crippen LogP contribution in [0.25, 0.3) is 11.3 Å². The number of benzene rings is 3. The molecule has 0 saturated carbocycles. The molecule has 0 radical (unpaired) electrons. The van der Waals surface area contributed by atoms with Crippen LogP contribution in [-0.2, 0) is 6.61 Å². The van der Waals surface area contributed by atoms with E-state index in [0.29, 0.717) is 50.7 Å². The van der Waals surface area contributed by atoms with E-state index in [-0.39, 0.29) is 24.4 Å². The van der Waals surface area contributed by atoms with E-state index in [0.717, 1.165) is 12.0 Å². The number of amides is 1. The number of aromatic nitrogens is 3. The Kier molecular flexibility index (Phi) is 7.14. The Balaban J connectivity index is 1.30. The lowest BCUT2D eigenvalue weighted by Gasteiger charge is -2.16. The number of nitrogens with zero attached hydrogens (tertiary/aromatic N) is 4. The fourth-order valence-electron chi connectivity index (χ4n) is 4.11.